The number of aromatic nitrogens is 2. The van der Waals surface area contributed by atoms with E-state index in [-0.39, 0.29) is 5.91 Å². The minimum Gasteiger partial charge on any atom is -0.338 e. The Hall–Kier alpha value is -3.21. The van der Waals surface area contributed by atoms with Crippen molar-refractivity contribution in [2.24, 2.45) is 0 Å². The van der Waals surface area contributed by atoms with Gasteiger partial charge in [0.1, 0.15) is 11.5 Å². The average molecular weight is 374 g/mol. The summed E-state index contributed by atoms with van der Waals surface area (Å²) >= 11 is 0. The van der Waals surface area contributed by atoms with Gasteiger partial charge in [-0.3, -0.25) is 4.79 Å². The van der Waals surface area contributed by atoms with Crippen LogP contribution in [0, 0.1) is 6.92 Å². The number of para-hydroxylation sites is 1. The van der Waals surface area contributed by atoms with Gasteiger partial charge >= 0.3 is 0 Å². The fourth-order valence-electron chi connectivity index (χ4n) is 3.10. The van der Waals surface area contributed by atoms with Crippen molar-refractivity contribution in [1.29, 1.82) is 0 Å². The molecule has 0 atom stereocenters. The monoisotopic (exact) mass is 374 g/mol. The summed E-state index contributed by atoms with van der Waals surface area (Å²) in [6.07, 6.45) is 3.14. The highest BCUT2D eigenvalue weighted by Crippen LogP contribution is 2.29. The van der Waals surface area contributed by atoms with Gasteiger partial charge in [-0.2, -0.15) is 0 Å². The zero-order chi connectivity index (χ0) is 20.1. The smallest absolute Gasteiger partial charge is 0.274 e. The van der Waals surface area contributed by atoms with E-state index in [1.54, 1.807) is 18.1 Å². The van der Waals surface area contributed by atoms with Gasteiger partial charge in [-0.05, 0) is 29.5 Å². The van der Waals surface area contributed by atoms with Crippen LogP contribution < -0.4 is 5.32 Å². The summed E-state index contributed by atoms with van der Waals surface area (Å²) in [7, 11) is 1.77. The van der Waals surface area contributed by atoms with Crippen molar-refractivity contribution in [2.45, 2.75) is 33.2 Å². The molecule has 1 amide bonds. The van der Waals surface area contributed by atoms with E-state index in [9.17, 15) is 4.79 Å². The maximum Gasteiger partial charge on any atom is 0.274 e. The quantitative estimate of drug-likeness (QED) is 0.665. The van der Waals surface area contributed by atoms with E-state index in [4.69, 9.17) is 0 Å². The largest absolute Gasteiger partial charge is 0.338 e. The normalized spacial score (nSPS) is 10.8. The highest BCUT2D eigenvalue weighted by atomic mass is 16.2. The number of anilines is 2. The lowest BCUT2D eigenvalue weighted by Crippen LogP contribution is -2.27. The lowest BCUT2D eigenvalue weighted by Gasteiger charge is -2.18. The number of aryl methyl sites for hydroxylation is 1. The molecule has 1 aromatic heterocycles. The van der Waals surface area contributed by atoms with Gasteiger partial charge in [0.15, 0.2) is 0 Å². The third-order valence-corrected chi connectivity index (χ3v) is 4.66. The molecule has 0 aliphatic heterocycles. The Labute approximate surface area is 166 Å². The number of nitrogens with zero attached hydrogens (tertiary/aromatic N) is 3. The molecule has 0 radical (unpaired) electrons. The van der Waals surface area contributed by atoms with Crippen molar-refractivity contribution < 1.29 is 4.79 Å². The number of nitrogens with one attached hydrogen (secondary N) is 1. The second-order valence-electron chi connectivity index (χ2n) is 7.25. The van der Waals surface area contributed by atoms with Crippen LogP contribution in [0.5, 0.6) is 0 Å². The van der Waals surface area contributed by atoms with Crippen LogP contribution in [0.25, 0.3) is 0 Å². The van der Waals surface area contributed by atoms with Crippen molar-refractivity contribution >= 4 is 17.4 Å². The first-order valence-corrected chi connectivity index (χ1v) is 9.43. The molecule has 3 rings (SSSR count). The molecular weight excluding hydrogens is 348 g/mol. The number of hydrogen-bond acceptors (Lipinski definition) is 4. The predicted octanol–water partition coefficient (Wildman–Crippen LogP) is 4.92. The number of rotatable bonds is 6. The van der Waals surface area contributed by atoms with E-state index < -0.39 is 0 Å². The standard InChI is InChI=1S/C23H26N4O/c1-16(2)19-12-8-9-17(3)22(19)26-21-14-24-20(13-25-21)23(28)27(4)15-18-10-6-5-7-11-18/h5-14,16H,15H2,1-4H3,(H,25,26). The van der Waals surface area contributed by atoms with Gasteiger partial charge in [-0.15, -0.1) is 0 Å². The SMILES string of the molecule is Cc1cccc(C(C)C)c1Nc1cnc(C(=O)N(C)Cc2ccccc2)cn1. The van der Waals surface area contributed by atoms with E-state index in [2.05, 4.69) is 54.3 Å². The Morgan fingerprint density at radius 2 is 1.79 bits per heavy atom. The van der Waals surface area contributed by atoms with Gasteiger partial charge in [0.2, 0.25) is 0 Å². The Bertz CT molecular complexity index is 937. The molecule has 0 saturated heterocycles. The Kier molecular flexibility index (Phi) is 6.04. The molecule has 0 saturated carbocycles. The minimum absolute atomic E-state index is 0.151. The van der Waals surface area contributed by atoms with E-state index in [0.29, 0.717) is 24.0 Å². The molecule has 2 aromatic carbocycles. The molecule has 28 heavy (non-hydrogen) atoms. The van der Waals surface area contributed by atoms with Crippen molar-refractivity contribution in [2.75, 3.05) is 12.4 Å². The van der Waals surface area contributed by atoms with Crippen molar-refractivity contribution in [3.05, 3.63) is 83.3 Å². The summed E-state index contributed by atoms with van der Waals surface area (Å²) in [6, 6.07) is 16.1. The lowest BCUT2D eigenvalue weighted by atomic mass is 9.98. The van der Waals surface area contributed by atoms with Crippen LogP contribution in [0.4, 0.5) is 11.5 Å². The summed E-state index contributed by atoms with van der Waals surface area (Å²) in [5.74, 6) is 0.864. The highest BCUT2D eigenvalue weighted by molar-refractivity contribution is 5.91. The first-order chi connectivity index (χ1) is 13.5. The maximum atomic E-state index is 12.6. The fourth-order valence-corrected chi connectivity index (χ4v) is 3.10. The number of amides is 1. The fraction of sp³-hybridized carbons (Fsp3) is 0.261. The van der Waals surface area contributed by atoms with Crippen LogP contribution in [-0.4, -0.2) is 27.8 Å². The Balaban J connectivity index is 1.73. The zero-order valence-electron chi connectivity index (χ0n) is 16.8. The van der Waals surface area contributed by atoms with E-state index >= 15 is 0 Å². The molecular formula is C23H26N4O. The molecule has 1 N–H and O–H groups in total. The van der Waals surface area contributed by atoms with Gasteiger partial charge in [-0.1, -0.05) is 62.4 Å². The van der Waals surface area contributed by atoms with Gasteiger partial charge in [0, 0.05) is 19.3 Å². The molecule has 0 aliphatic rings. The van der Waals surface area contributed by atoms with E-state index in [1.165, 1.54) is 11.8 Å². The number of carbonyl (C=O) groups is 1. The average Bonchev–Trinajstić information content (AvgIpc) is 2.70. The molecule has 1 heterocycles. The zero-order valence-corrected chi connectivity index (χ0v) is 16.8. The van der Waals surface area contributed by atoms with Crippen LogP contribution in [0.15, 0.2) is 60.9 Å². The van der Waals surface area contributed by atoms with Gasteiger partial charge < -0.3 is 10.2 Å². The molecule has 0 fully saturated rings. The molecule has 3 aromatic rings. The molecule has 5 heteroatoms. The predicted molar refractivity (Wildman–Crippen MR) is 113 cm³/mol. The first kappa shape index (κ1) is 19.5. The third kappa shape index (κ3) is 4.55. The third-order valence-electron chi connectivity index (χ3n) is 4.66. The van der Waals surface area contributed by atoms with E-state index in [0.717, 1.165) is 16.8 Å². The Morgan fingerprint density at radius 3 is 2.43 bits per heavy atom. The van der Waals surface area contributed by atoms with Gasteiger partial charge in [0.25, 0.3) is 5.91 Å². The first-order valence-electron chi connectivity index (χ1n) is 9.43. The summed E-state index contributed by atoms with van der Waals surface area (Å²) in [5.41, 5.74) is 4.83. The van der Waals surface area contributed by atoms with Crippen LogP contribution in [0.1, 0.15) is 46.9 Å². The van der Waals surface area contributed by atoms with Crippen LogP contribution in [0.3, 0.4) is 0 Å². The molecule has 0 spiro atoms. The maximum absolute atomic E-state index is 12.6. The summed E-state index contributed by atoms with van der Waals surface area (Å²) < 4.78 is 0. The summed E-state index contributed by atoms with van der Waals surface area (Å²) in [4.78, 5) is 23.0. The van der Waals surface area contributed by atoms with Gasteiger partial charge in [-0.25, -0.2) is 9.97 Å². The van der Waals surface area contributed by atoms with Crippen LogP contribution >= 0.6 is 0 Å². The summed E-state index contributed by atoms with van der Waals surface area (Å²) in [6.45, 7) is 6.92. The highest BCUT2D eigenvalue weighted by Gasteiger charge is 2.15. The van der Waals surface area contributed by atoms with Gasteiger partial charge in [0.05, 0.1) is 12.4 Å². The van der Waals surface area contributed by atoms with Crippen molar-refractivity contribution in [3.63, 3.8) is 0 Å². The second kappa shape index (κ2) is 8.65. The van der Waals surface area contributed by atoms with E-state index in [1.807, 2.05) is 30.3 Å². The molecule has 5 nitrogen and oxygen atoms in total. The lowest BCUT2D eigenvalue weighted by molar-refractivity contribution is 0.0779. The number of hydrogen-bond donors (Lipinski definition) is 1. The molecule has 0 unspecified atom stereocenters. The van der Waals surface area contributed by atoms with Crippen molar-refractivity contribution in [1.82, 2.24) is 14.9 Å². The minimum atomic E-state index is -0.151. The van der Waals surface area contributed by atoms with Crippen LogP contribution in [-0.2, 0) is 6.54 Å². The second-order valence-corrected chi connectivity index (χ2v) is 7.25. The number of benzene rings is 2. The molecule has 0 bridgehead atoms. The summed E-state index contributed by atoms with van der Waals surface area (Å²) in [5, 5.41) is 3.36. The Morgan fingerprint density at radius 1 is 1.04 bits per heavy atom. The topological polar surface area (TPSA) is 58.1 Å². The molecule has 0 aliphatic carbocycles. The van der Waals surface area contributed by atoms with Crippen molar-refractivity contribution in [3.8, 4) is 0 Å². The number of carbonyl (C=O) groups excluding carboxylic acids is 1. The van der Waals surface area contributed by atoms with Crippen LogP contribution in [0.2, 0.25) is 0 Å². The molecule has 144 valence electrons.